The molecule has 140 valence electrons. The maximum absolute atomic E-state index is 13.2. The smallest absolute Gasteiger partial charge is 0.227 e. The van der Waals surface area contributed by atoms with E-state index in [1.807, 2.05) is 37.3 Å². The van der Waals surface area contributed by atoms with E-state index < -0.39 is 0 Å². The fourth-order valence-electron chi connectivity index (χ4n) is 2.69. The largest absolute Gasteiger partial charge is 0.326 e. The van der Waals surface area contributed by atoms with Gasteiger partial charge in [-0.25, -0.2) is 9.37 Å². The highest BCUT2D eigenvalue weighted by Gasteiger charge is 2.14. The second kappa shape index (κ2) is 8.55. The van der Waals surface area contributed by atoms with Crippen LogP contribution in [0.1, 0.15) is 24.7 Å². The number of nitrogens with zero attached hydrogens (tertiary/aromatic N) is 2. The number of rotatable bonds is 7. The molecule has 0 radical (unpaired) electrons. The Morgan fingerprint density at radius 3 is 2.70 bits per heavy atom. The number of halogens is 1. The summed E-state index contributed by atoms with van der Waals surface area (Å²) in [6.07, 6.45) is 1.30. The van der Waals surface area contributed by atoms with E-state index in [2.05, 4.69) is 20.5 Å². The van der Waals surface area contributed by atoms with Crippen LogP contribution < -0.4 is 11.1 Å². The predicted molar refractivity (Wildman–Crippen MR) is 102 cm³/mol. The topological polar surface area (TPSA) is 96.7 Å². The van der Waals surface area contributed by atoms with Crippen molar-refractivity contribution in [3.63, 3.8) is 0 Å². The first-order valence-electron chi connectivity index (χ1n) is 8.82. The van der Waals surface area contributed by atoms with Gasteiger partial charge in [0.2, 0.25) is 5.91 Å². The summed E-state index contributed by atoms with van der Waals surface area (Å²) < 4.78 is 13.2. The van der Waals surface area contributed by atoms with Crippen molar-refractivity contribution >= 4 is 11.6 Å². The van der Waals surface area contributed by atoms with Crippen LogP contribution in [0.15, 0.2) is 48.5 Å². The van der Waals surface area contributed by atoms with Crippen LogP contribution in [0.2, 0.25) is 0 Å². The van der Waals surface area contributed by atoms with Gasteiger partial charge < -0.3 is 11.1 Å². The van der Waals surface area contributed by atoms with Crippen molar-refractivity contribution in [2.24, 2.45) is 11.7 Å². The average Bonchev–Trinajstić information content (AvgIpc) is 3.16. The molecule has 1 atom stereocenters. The minimum atomic E-state index is -0.255. The van der Waals surface area contributed by atoms with E-state index in [4.69, 9.17) is 5.73 Å². The van der Waals surface area contributed by atoms with Gasteiger partial charge in [-0.2, -0.15) is 5.10 Å². The lowest BCUT2D eigenvalue weighted by Gasteiger charge is -2.12. The molecule has 27 heavy (non-hydrogen) atoms. The number of nitrogens with one attached hydrogen (secondary N) is 2. The van der Waals surface area contributed by atoms with Crippen LogP contribution >= 0.6 is 0 Å². The Balaban J connectivity index is 1.55. The van der Waals surface area contributed by atoms with E-state index in [1.165, 1.54) is 12.1 Å². The van der Waals surface area contributed by atoms with Crippen LogP contribution in [0.3, 0.4) is 0 Å². The zero-order valence-electron chi connectivity index (χ0n) is 15.1. The van der Waals surface area contributed by atoms with Gasteiger partial charge in [0, 0.05) is 17.2 Å². The van der Waals surface area contributed by atoms with Gasteiger partial charge in [0.05, 0.1) is 6.54 Å². The molecule has 7 heteroatoms. The Bertz CT molecular complexity index is 907. The first-order valence-corrected chi connectivity index (χ1v) is 8.82. The molecule has 1 aromatic heterocycles. The zero-order valence-corrected chi connectivity index (χ0v) is 15.1. The zero-order chi connectivity index (χ0) is 19.2. The summed E-state index contributed by atoms with van der Waals surface area (Å²) in [5, 5.41) is 9.78. The third kappa shape index (κ3) is 4.98. The monoisotopic (exact) mass is 367 g/mol. The van der Waals surface area contributed by atoms with Crippen molar-refractivity contribution in [1.82, 2.24) is 15.2 Å². The summed E-state index contributed by atoms with van der Waals surface area (Å²) in [6.45, 7) is 2.17. The van der Waals surface area contributed by atoms with E-state index in [0.29, 0.717) is 36.7 Å². The predicted octanol–water partition coefficient (Wildman–Crippen LogP) is 3.28. The Labute approximate surface area is 157 Å². The maximum atomic E-state index is 13.2. The molecule has 0 saturated carbocycles. The normalized spacial score (nSPS) is 12.0. The SMILES string of the molecule is CC(CCc1cccc(F)c1)C(=O)Nc1ccc(-c2n[nH]c(CN)n2)cc1. The van der Waals surface area contributed by atoms with Gasteiger partial charge >= 0.3 is 0 Å². The van der Waals surface area contributed by atoms with Gasteiger partial charge in [-0.1, -0.05) is 19.1 Å². The minimum Gasteiger partial charge on any atom is -0.326 e. The second-order valence-corrected chi connectivity index (χ2v) is 6.45. The number of hydrogen-bond acceptors (Lipinski definition) is 4. The number of hydrogen-bond donors (Lipinski definition) is 3. The first-order chi connectivity index (χ1) is 13.0. The third-order valence-electron chi connectivity index (χ3n) is 4.34. The number of aromatic amines is 1. The highest BCUT2D eigenvalue weighted by Crippen LogP contribution is 2.19. The van der Waals surface area contributed by atoms with E-state index in [-0.39, 0.29) is 17.6 Å². The molecule has 0 aliphatic heterocycles. The van der Waals surface area contributed by atoms with Gasteiger partial charge in [0.1, 0.15) is 11.6 Å². The van der Waals surface area contributed by atoms with Gasteiger partial charge in [-0.15, -0.1) is 0 Å². The van der Waals surface area contributed by atoms with Crippen molar-refractivity contribution < 1.29 is 9.18 Å². The van der Waals surface area contributed by atoms with Crippen LogP contribution in [-0.4, -0.2) is 21.1 Å². The Hall–Kier alpha value is -3.06. The Morgan fingerprint density at radius 1 is 1.26 bits per heavy atom. The average molecular weight is 367 g/mol. The van der Waals surface area contributed by atoms with E-state index >= 15 is 0 Å². The number of anilines is 1. The summed E-state index contributed by atoms with van der Waals surface area (Å²) in [6, 6.07) is 13.8. The molecule has 4 N–H and O–H groups in total. The molecule has 0 aliphatic carbocycles. The summed E-state index contributed by atoms with van der Waals surface area (Å²) >= 11 is 0. The summed E-state index contributed by atoms with van der Waals surface area (Å²) in [5.41, 5.74) is 7.95. The number of nitrogens with two attached hydrogens (primary N) is 1. The van der Waals surface area contributed by atoms with Gasteiger partial charge in [-0.3, -0.25) is 9.89 Å². The summed E-state index contributed by atoms with van der Waals surface area (Å²) in [7, 11) is 0. The van der Waals surface area contributed by atoms with Gasteiger partial charge in [0.15, 0.2) is 5.82 Å². The van der Waals surface area contributed by atoms with Crippen LogP contribution in [0.4, 0.5) is 10.1 Å². The molecule has 0 aliphatic rings. The van der Waals surface area contributed by atoms with Gasteiger partial charge in [-0.05, 0) is 54.8 Å². The number of carbonyl (C=O) groups excluding carboxylic acids is 1. The molecule has 0 bridgehead atoms. The van der Waals surface area contributed by atoms with E-state index in [1.54, 1.807) is 6.07 Å². The lowest BCUT2D eigenvalue weighted by Crippen LogP contribution is -2.20. The summed E-state index contributed by atoms with van der Waals surface area (Å²) in [4.78, 5) is 16.6. The number of amides is 1. The first kappa shape index (κ1) is 18.7. The molecule has 6 nitrogen and oxygen atoms in total. The number of H-pyrrole nitrogens is 1. The number of aryl methyl sites for hydroxylation is 1. The molecule has 3 rings (SSSR count). The third-order valence-corrected chi connectivity index (χ3v) is 4.34. The molecule has 1 heterocycles. The molecule has 0 saturated heterocycles. The van der Waals surface area contributed by atoms with Crippen LogP contribution in [-0.2, 0) is 17.8 Å². The summed E-state index contributed by atoms with van der Waals surface area (Å²) in [5.74, 6) is 0.677. The number of carbonyl (C=O) groups is 1. The molecule has 1 unspecified atom stereocenters. The van der Waals surface area contributed by atoms with Crippen LogP contribution in [0, 0.1) is 11.7 Å². The number of benzene rings is 2. The molecular weight excluding hydrogens is 345 g/mol. The second-order valence-electron chi connectivity index (χ2n) is 6.45. The maximum Gasteiger partial charge on any atom is 0.227 e. The van der Waals surface area contributed by atoms with Crippen molar-refractivity contribution in [1.29, 1.82) is 0 Å². The molecule has 1 amide bonds. The molecular formula is C20H22FN5O. The molecule has 0 spiro atoms. The fourth-order valence-corrected chi connectivity index (χ4v) is 2.69. The fraction of sp³-hybridized carbons (Fsp3) is 0.250. The van der Waals surface area contributed by atoms with Crippen molar-refractivity contribution in [3.05, 3.63) is 65.7 Å². The van der Waals surface area contributed by atoms with Crippen molar-refractivity contribution in [2.45, 2.75) is 26.3 Å². The highest BCUT2D eigenvalue weighted by molar-refractivity contribution is 5.92. The van der Waals surface area contributed by atoms with Crippen LogP contribution in [0.25, 0.3) is 11.4 Å². The highest BCUT2D eigenvalue weighted by atomic mass is 19.1. The molecule has 3 aromatic rings. The minimum absolute atomic E-state index is 0.0672. The van der Waals surface area contributed by atoms with Crippen LogP contribution in [0.5, 0.6) is 0 Å². The van der Waals surface area contributed by atoms with Crippen molar-refractivity contribution in [3.8, 4) is 11.4 Å². The Kier molecular flexibility index (Phi) is 5.93. The Morgan fingerprint density at radius 2 is 2.04 bits per heavy atom. The van der Waals surface area contributed by atoms with Crippen molar-refractivity contribution in [2.75, 3.05) is 5.32 Å². The quantitative estimate of drug-likeness (QED) is 0.597. The molecule has 2 aromatic carbocycles. The van der Waals surface area contributed by atoms with Gasteiger partial charge in [0.25, 0.3) is 0 Å². The van der Waals surface area contributed by atoms with E-state index in [9.17, 15) is 9.18 Å². The molecule has 0 fully saturated rings. The number of aromatic nitrogens is 3. The lowest BCUT2D eigenvalue weighted by molar-refractivity contribution is -0.119. The lowest BCUT2D eigenvalue weighted by atomic mass is 10.00. The van der Waals surface area contributed by atoms with E-state index in [0.717, 1.165) is 11.1 Å². The standard InChI is InChI=1S/C20H22FN5O/c1-13(5-6-14-3-2-4-16(21)11-14)20(27)23-17-9-7-15(8-10-17)19-24-18(12-22)25-26-19/h2-4,7-11,13H,5-6,12,22H2,1H3,(H,23,27)(H,24,25,26).